The summed E-state index contributed by atoms with van der Waals surface area (Å²) in [6.07, 6.45) is 7.34. The average Bonchev–Trinajstić information content (AvgIpc) is 3.67. The van der Waals surface area contributed by atoms with Crippen molar-refractivity contribution in [2.45, 2.75) is 38.9 Å². The van der Waals surface area contributed by atoms with Crippen LogP contribution < -0.4 is 9.47 Å². The number of pyridine rings is 2. The van der Waals surface area contributed by atoms with Gasteiger partial charge in [-0.3, -0.25) is 0 Å². The molecule has 0 spiro atoms. The summed E-state index contributed by atoms with van der Waals surface area (Å²) in [6, 6.07) is 16.4. The van der Waals surface area contributed by atoms with Crippen LogP contribution in [0.1, 0.15) is 48.7 Å². The van der Waals surface area contributed by atoms with E-state index in [-0.39, 0.29) is 12.2 Å². The van der Waals surface area contributed by atoms with Crippen LogP contribution >= 0.6 is 0 Å². The summed E-state index contributed by atoms with van der Waals surface area (Å²) >= 11 is 0. The number of hydrogen-bond acceptors (Lipinski definition) is 8. The summed E-state index contributed by atoms with van der Waals surface area (Å²) in [5, 5.41) is 2.06. The molecular weight excluding hydrogens is 480 g/mol. The Kier molecular flexibility index (Phi) is 5.32. The number of hydrogen-bond donors (Lipinski definition) is 0. The lowest BCUT2D eigenvalue weighted by Crippen LogP contribution is -2.09. The SMILES string of the molecule is CC(Oc1cccc2cc3c(nc12)-c1nc2c(OC(C)c4cnco4)cccc2cc1CC3)c1cnco1. The van der Waals surface area contributed by atoms with E-state index >= 15 is 0 Å². The number of para-hydroxylation sites is 2. The first-order chi connectivity index (χ1) is 18.6. The third-order valence-corrected chi connectivity index (χ3v) is 6.98. The summed E-state index contributed by atoms with van der Waals surface area (Å²) in [6.45, 7) is 3.87. The van der Waals surface area contributed by atoms with E-state index in [0.717, 1.165) is 46.0 Å². The van der Waals surface area contributed by atoms with Gasteiger partial charge in [-0.1, -0.05) is 24.3 Å². The molecule has 8 nitrogen and oxygen atoms in total. The Hall–Kier alpha value is -4.72. The molecule has 0 saturated carbocycles. The number of nitrogens with zero attached hydrogens (tertiary/aromatic N) is 4. The average molecular weight is 505 g/mol. The summed E-state index contributed by atoms with van der Waals surface area (Å²) in [5.74, 6) is 2.69. The summed E-state index contributed by atoms with van der Waals surface area (Å²) < 4.78 is 23.4. The first-order valence-corrected chi connectivity index (χ1v) is 12.6. The third kappa shape index (κ3) is 3.85. The fraction of sp³-hybridized carbons (Fsp3) is 0.200. The quantitative estimate of drug-likeness (QED) is 0.244. The van der Waals surface area contributed by atoms with E-state index in [9.17, 15) is 0 Å². The Morgan fingerprint density at radius 2 is 1.16 bits per heavy atom. The van der Waals surface area contributed by atoms with Crippen molar-refractivity contribution < 1.29 is 18.3 Å². The number of oxazole rings is 2. The van der Waals surface area contributed by atoms with Gasteiger partial charge in [0.25, 0.3) is 0 Å². The molecule has 0 amide bonds. The fourth-order valence-electron chi connectivity index (χ4n) is 5.03. The van der Waals surface area contributed by atoms with Gasteiger partial charge >= 0.3 is 0 Å². The van der Waals surface area contributed by atoms with Gasteiger partial charge in [0.1, 0.15) is 22.5 Å². The monoisotopic (exact) mass is 504 g/mol. The smallest absolute Gasteiger partial charge is 0.181 e. The molecule has 1 aliphatic carbocycles. The Balaban J connectivity index is 1.32. The van der Waals surface area contributed by atoms with Crippen molar-refractivity contribution in [1.29, 1.82) is 0 Å². The molecule has 0 radical (unpaired) electrons. The highest BCUT2D eigenvalue weighted by molar-refractivity contribution is 5.91. The third-order valence-electron chi connectivity index (χ3n) is 6.98. The maximum atomic E-state index is 6.27. The summed E-state index contributed by atoms with van der Waals surface area (Å²) in [5.41, 5.74) is 5.67. The van der Waals surface area contributed by atoms with Crippen molar-refractivity contribution in [3.8, 4) is 22.9 Å². The van der Waals surface area contributed by atoms with Crippen LogP contribution in [-0.4, -0.2) is 19.9 Å². The van der Waals surface area contributed by atoms with Gasteiger partial charge in [0.05, 0.1) is 23.8 Å². The van der Waals surface area contributed by atoms with Crippen molar-refractivity contribution in [2.24, 2.45) is 0 Å². The minimum atomic E-state index is -0.304. The van der Waals surface area contributed by atoms with E-state index in [1.807, 2.05) is 38.1 Å². The van der Waals surface area contributed by atoms with Gasteiger partial charge in [0, 0.05) is 10.8 Å². The van der Waals surface area contributed by atoms with E-state index in [2.05, 4.69) is 34.2 Å². The maximum absolute atomic E-state index is 6.27. The van der Waals surface area contributed by atoms with Crippen LogP contribution in [0.4, 0.5) is 0 Å². The topological polar surface area (TPSA) is 96.3 Å². The highest BCUT2D eigenvalue weighted by Crippen LogP contribution is 2.39. The van der Waals surface area contributed by atoms with E-state index < -0.39 is 0 Å². The minimum Gasteiger partial charge on any atom is -0.480 e. The highest BCUT2D eigenvalue weighted by Gasteiger charge is 2.23. The minimum absolute atomic E-state index is 0.304. The Morgan fingerprint density at radius 1 is 0.684 bits per heavy atom. The van der Waals surface area contributed by atoms with Crippen LogP contribution in [-0.2, 0) is 12.8 Å². The molecule has 8 heteroatoms. The Labute approximate surface area is 218 Å². The fourth-order valence-corrected chi connectivity index (χ4v) is 5.03. The van der Waals surface area contributed by atoms with E-state index in [0.29, 0.717) is 23.0 Å². The van der Waals surface area contributed by atoms with E-state index in [1.165, 1.54) is 23.9 Å². The molecule has 2 aromatic carbocycles. The van der Waals surface area contributed by atoms with E-state index in [1.54, 1.807) is 12.4 Å². The molecule has 2 unspecified atom stereocenters. The zero-order valence-electron chi connectivity index (χ0n) is 20.9. The van der Waals surface area contributed by atoms with Crippen molar-refractivity contribution in [3.63, 3.8) is 0 Å². The zero-order valence-corrected chi connectivity index (χ0v) is 20.9. The zero-order chi connectivity index (χ0) is 25.6. The standard InChI is InChI=1S/C30H24N4O4/c1-17(25-13-31-15-35-25)37-23-7-3-5-19-11-21-9-10-22-12-20-6-4-8-24(38-18(2)26-14-32-16-36-26)28(20)34-30(22)29(21)33-27(19)23/h3-8,11-18H,9-10H2,1-2H3. The van der Waals surface area contributed by atoms with Gasteiger partial charge in [-0.2, -0.15) is 0 Å². The van der Waals surface area contributed by atoms with E-state index in [4.69, 9.17) is 28.3 Å². The van der Waals surface area contributed by atoms with Crippen molar-refractivity contribution in [1.82, 2.24) is 19.9 Å². The van der Waals surface area contributed by atoms with Gasteiger partial charge in [0.15, 0.2) is 36.5 Å². The molecular formula is C30H24N4O4. The van der Waals surface area contributed by atoms with Gasteiger partial charge in [-0.15, -0.1) is 0 Å². The van der Waals surface area contributed by atoms with Crippen LogP contribution in [0.2, 0.25) is 0 Å². The van der Waals surface area contributed by atoms with Crippen molar-refractivity contribution in [3.05, 3.63) is 96.4 Å². The molecule has 188 valence electrons. The lowest BCUT2D eigenvalue weighted by molar-refractivity contribution is 0.197. The Bertz CT molecular complexity index is 1630. The molecule has 0 fully saturated rings. The molecule has 38 heavy (non-hydrogen) atoms. The van der Waals surface area contributed by atoms with Crippen molar-refractivity contribution in [2.75, 3.05) is 0 Å². The predicted molar refractivity (Wildman–Crippen MR) is 141 cm³/mol. The number of rotatable bonds is 6. The largest absolute Gasteiger partial charge is 0.480 e. The summed E-state index contributed by atoms with van der Waals surface area (Å²) in [7, 11) is 0. The lowest BCUT2D eigenvalue weighted by atomic mass is 9.90. The molecule has 6 aromatic rings. The van der Waals surface area contributed by atoms with Crippen molar-refractivity contribution >= 4 is 21.8 Å². The van der Waals surface area contributed by atoms with Crippen LogP contribution in [0.25, 0.3) is 33.2 Å². The first kappa shape index (κ1) is 22.5. The number of aryl methyl sites for hydroxylation is 2. The second-order valence-corrected chi connectivity index (χ2v) is 9.48. The molecule has 0 aliphatic heterocycles. The van der Waals surface area contributed by atoms with Gasteiger partial charge in [-0.25, -0.2) is 19.9 Å². The van der Waals surface area contributed by atoms with Crippen LogP contribution in [0.5, 0.6) is 11.5 Å². The Morgan fingerprint density at radius 3 is 1.58 bits per heavy atom. The normalized spacial score (nSPS) is 14.2. The number of benzene rings is 2. The lowest BCUT2D eigenvalue weighted by Gasteiger charge is -2.21. The first-order valence-electron chi connectivity index (χ1n) is 12.6. The predicted octanol–water partition coefficient (Wildman–Crippen LogP) is 6.80. The van der Waals surface area contributed by atoms with Crippen LogP contribution in [0, 0.1) is 0 Å². The van der Waals surface area contributed by atoms with Crippen LogP contribution in [0.3, 0.4) is 0 Å². The van der Waals surface area contributed by atoms with Gasteiger partial charge in [-0.05, 0) is 62.1 Å². The van der Waals surface area contributed by atoms with Gasteiger partial charge < -0.3 is 18.3 Å². The second-order valence-electron chi connectivity index (χ2n) is 9.48. The summed E-state index contributed by atoms with van der Waals surface area (Å²) in [4.78, 5) is 18.3. The molecule has 4 heterocycles. The number of aromatic nitrogens is 4. The molecule has 0 bridgehead atoms. The molecule has 4 aromatic heterocycles. The maximum Gasteiger partial charge on any atom is 0.181 e. The van der Waals surface area contributed by atoms with Crippen LogP contribution in [0.15, 0.2) is 82.5 Å². The second kappa shape index (κ2) is 8.99. The molecule has 0 N–H and O–H groups in total. The highest BCUT2D eigenvalue weighted by atomic mass is 16.5. The number of ether oxygens (including phenoxy) is 2. The molecule has 0 saturated heterocycles. The molecule has 7 rings (SSSR count). The number of fused-ring (bicyclic) bond motifs is 5. The molecule has 1 aliphatic rings. The van der Waals surface area contributed by atoms with Gasteiger partial charge in [0.2, 0.25) is 0 Å². The molecule has 2 atom stereocenters.